The minimum absolute atomic E-state index is 0.246. The van der Waals surface area contributed by atoms with E-state index >= 15 is 0 Å². The van der Waals surface area contributed by atoms with E-state index in [4.69, 9.17) is 11.6 Å². The molecule has 1 aromatic heterocycles. The number of piperidine rings is 1. The van der Waals surface area contributed by atoms with Crippen LogP contribution in [0.5, 0.6) is 0 Å². The fourth-order valence-corrected chi connectivity index (χ4v) is 4.75. The number of amides is 1. The fraction of sp³-hybridized carbons (Fsp3) is 0.688. The summed E-state index contributed by atoms with van der Waals surface area (Å²) in [6.07, 6.45) is 8.33. The molecule has 2 heterocycles. The van der Waals surface area contributed by atoms with E-state index < -0.39 is 0 Å². The van der Waals surface area contributed by atoms with Crippen molar-refractivity contribution in [2.45, 2.75) is 44.9 Å². The number of nitrogens with zero attached hydrogens (tertiary/aromatic N) is 1. The molecule has 1 fully saturated rings. The van der Waals surface area contributed by atoms with Gasteiger partial charge in [0.1, 0.15) is 0 Å². The maximum absolute atomic E-state index is 12.6. The molecular formula is C16H22ClNOS. The van der Waals surface area contributed by atoms with Crippen molar-refractivity contribution in [2.75, 3.05) is 19.0 Å². The predicted molar refractivity (Wildman–Crippen MR) is 84.9 cm³/mol. The standard InChI is InChI=1S/C16H22ClNOS/c17-11-12-6-8-18(9-7-12)16(19)15-10-13-4-2-1-3-5-14(13)20-15/h10,12H,1-9,11H2. The molecule has 4 heteroatoms. The van der Waals surface area contributed by atoms with Crippen molar-refractivity contribution in [3.8, 4) is 0 Å². The van der Waals surface area contributed by atoms with Gasteiger partial charge in [0.2, 0.25) is 0 Å². The Morgan fingerprint density at radius 1 is 1.25 bits per heavy atom. The van der Waals surface area contributed by atoms with Crippen molar-refractivity contribution < 1.29 is 4.79 Å². The molecular weight excluding hydrogens is 290 g/mol. The molecule has 110 valence electrons. The summed E-state index contributed by atoms with van der Waals surface area (Å²) in [5.41, 5.74) is 1.44. The molecule has 20 heavy (non-hydrogen) atoms. The average molecular weight is 312 g/mol. The van der Waals surface area contributed by atoms with E-state index in [9.17, 15) is 4.79 Å². The van der Waals surface area contributed by atoms with Crippen molar-refractivity contribution in [3.05, 3.63) is 21.4 Å². The molecule has 0 N–H and O–H groups in total. The number of halogens is 1. The van der Waals surface area contributed by atoms with Crippen LogP contribution in [-0.2, 0) is 12.8 Å². The van der Waals surface area contributed by atoms with Gasteiger partial charge in [0.15, 0.2) is 0 Å². The molecule has 3 rings (SSSR count). The molecule has 0 aromatic carbocycles. The van der Waals surface area contributed by atoms with Gasteiger partial charge >= 0.3 is 0 Å². The Morgan fingerprint density at radius 3 is 2.75 bits per heavy atom. The monoisotopic (exact) mass is 311 g/mol. The largest absolute Gasteiger partial charge is 0.338 e. The molecule has 1 saturated heterocycles. The average Bonchev–Trinajstić information content (AvgIpc) is 2.77. The lowest BCUT2D eigenvalue weighted by molar-refractivity contribution is 0.0703. The summed E-state index contributed by atoms with van der Waals surface area (Å²) in [6, 6.07) is 2.17. The molecule has 1 amide bonds. The van der Waals surface area contributed by atoms with Gasteiger partial charge in [0.05, 0.1) is 4.88 Å². The number of likely N-dealkylation sites (tertiary alicyclic amines) is 1. The highest BCUT2D eigenvalue weighted by Crippen LogP contribution is 2.30. The van der Waals surface area contributed by atoms with Crippen LogP contribution in [-0.4, -0.2) is 29.8 Å². The van der Waals surface area contributed by atoms with Gasteiger partial charge in [-0.2, -0.15) is 0 Å². The number of hydrogen-bond donors (Lipinski definition) is 0. The van der Waals surface area contributed by atoms with Crippen LogP contribution in [0.2, 0.25) is 0 Å². The molecule has 2 aliphatic rings. The Bertz CT molecular complexity index is 453. The molecule has 0 radical (unpaired) electrons. The maximum Gasteiger partial charge on any atom is 0.263 e. The minimum Gasteiger partial charge on any atom is -0.338 e. The summed E-state index contributed by atoms with van der Waals surface area (Å²) in [5, 5.41) is 0. The van der Waals surface area contributed by atoms with Crippen LogP contribution in [0.25, 0.3) is 0 Å². The van der Waals surface area contributed by atoms with E-state index in [-0.39, 0.29) is 5.91 Å². The Morgan fingerprint density at radius 2 is 2.00 bits per heavy atom. The zero-order valence-electron chi connectivity index (χ0n) is 11.9. The molecule has 2 nitrogen and oxygen atoms in total. The van der Waals surface area contributed by atoms with Crippen molar-refractivity contribution in [1.82, 2.24) is 4.90 Å². The van der Waals surface area contributed by atoms with Gasteiger partial charge in [-0.1, -0.05) is 6.42 Å². The summed E-state index contributed by atoms with van der Waals surface area (Å²) in [7, 11) is 0. The summed E-state index contributed by atoms with van der Waals surface area (Å²) in [6.45, 7) is 1.75. The Kier molecular flexibility index (Phi) is 4.67. The van der Waals surface area contributed by atoms with Crippen LogP contribution in [0.3, 0.4) is 0 Å². The quantitative estimate of drug-likeness (QED) is 0.594. The van der Waals surface area contributed by atoms with Crippen LogP contribution in [0.1, 0.15) is 52.2 Å². The lowest BCUT2D eigenvalue weighted by Crippen LogP contribution is -2.38. The first-order valence-corrected chi connectivity index (χ1v) is 9.10. The molecule has 1 aromatic rings. The number of carbonyl (C=O) groups excluding carboxylic acids is 1. The van der Waals surface area contributed by atoms with Crippen LogP contribution in [0.15, 0.2) is 6.07 Å². The third-order valence-electron chi connectivity index (χ3n) is 4.58. The third-order valence-corrected chi connectivity index (χ3v) is 6.24. The minimum atomic E-state index is 0.246. The number of hydrogen-bond acceptors (Lipinski definition) is 2. The van der Waals surface area contributed by atoms with Crippen LogP contribution in [0.4, 0.5) is 0 Å². The van der Waals surface area contributed by atoms with Gasteiger partial charge in [0, 0.05) is 23.8 Å². The lowest BCUT2D eigenvalue weighted by Gasteiger charge is -2.30. The van der Waals surface area contributed by atoms with E-state index in [2.05, 4.69) is 6.07 Å². The lowest BCUT2D eigenvalue weighted by atomic mass is 9.99. The summed E-state index contributed by atoms with van der Waals surface area (Å²) in [4.78, 5) is 17.0. The molecule has 0 spiro atoms. The second-order valence-electron chi connectivity index (χ2n) is 6.01. The topological polar surface area (TPSA) is 20.3 Å². The second-order valence-corrected chi connectivity index (χ2v) is 7.45. The highest BCUT2D eigenvalue weighted by molar-refractivity contribution is 7.14. The number of alkyl halides is 1. The van der Waals surface area contributed by atoms with Crippen molar-refractivity contribution >= 4 is 28.8 Å². The van der Waals surface area contributed by atoms with Gasteiger partial charge in [-0.05, 0) is 56.1 Å². The first kappa shape index (κ1) is 14.4. The smallest absolute Gasteiger partial charge is 0.263 e. The maximum atomic E-state index is 12.6. The van der Waals surface area contributed by atoms with Crippen LogP contribution < -0.4 is 0 Å². The SMILES string of the molecule is O=C(c1cc2c(s1)CCCCC2)N1CCC(CCl)CC1. The Hall–Kier alpha value is -0.540. The number of fused-ring (bicyclic) bond motifs is 1. The number of aryl methyl sites for hydroxylation is 2. The zero-order chi connectivity index (χ0) is 13.9. The van der Waals surface area contributed by atoms with Gasteiger partial charge in [-0.25, -0.2) is 0 Å². The van der Waals surface area contributed by atoms with E-state index in [1.165, 1.54) is 36.1 Å². The van der Waals surface area contributed by atoms with Gasteiger partial charge < -0.3 is 4.90 Å². The molecule has 0 unspecified atom stereocenters. The van der Waals surface area contributed by atoms with E-state index in [1.807, 2.05) is 4.90 Å². The van der Waals surface area contributed by atoms with E-state index in [0.717, 1.165) is 43.1 Å². The first-order chi connectivity index (χ1) is 9.78. The molecule has 0 bridgehead atoms. The van der Waals surface area contributed by atoms with Crippen LogP contribution >= 0.6 is 22.9 Å². The van der Waals surface area contributed by atoms with Crippen molar-refractivity contribution in [2.24, 2.45) is 5.92 Å². The Labute approximate surface area is 130 Å². The molecule has 1 aliphatic carbocycles. The molecule has 0 saturated carbocycles. The van der Waals surface area contributed by atoms with Gasteiger partial charge in [0.25, 0.3) is 5.91 Å². The van der Waals surface area contributed by atoms with E-state index in [1.54, 1.807) is 11.3 Å². The normalized spacial score (nSPS) is 20.6. The van der Waals surface area contributed by atoms with Crippen molar-refractivity contribution in [1.29, 1.82) is 0 Å². The summed E-state index contributed by atoms with van der Waals surface area (Å²) < 4.78 is 0. The van der Waals surface area contributed by atoms with Gasteiger partial charge in [-0.3, -0.25) is 4.79 Å². The second kappa shape index (κ2) is 6.48. The Balaban J connectivity index is 1.68. The van der Waals surface area contributed by atoms with Crippen molar-refractivity contribution in [3.63, 3.8) is 0 Å². The highest BCUT2D eigenvalue weighted by atomic mass is 35.5. The first-order valence-electron chi connectivity index (χ1n) is 7.74. The third kappa shape index (κ3) is 3.04. The molecule has 1 aliphatic heterocycles. The fourth-order valence-electron chi connectivity index (χ4n) is 3.22. The van der Waals surface area contributed by atoms with Crippen LogP contribution in [0, 0.1) is 5.92 Å². The number of carbonyl (C=O) groups is 1. The van der Waals surface area contributed by atoms with Gasteiger partial charge in [-0.15, -0.1) is 22.9 Å². The predicted octanol–water partition coefficient (Wildman–Crippen LogP) is 4.11. The number of thiophene rings is 1. The molecule has 0 atom stereocenters. The summed E-state index contributed by atoms with van der Waals surface area (Å²) in [5.74, 6) is 1.58. The van der Waals surface area contributed by atoms with E-state index in [0.29, 0.717) is 5.92 Å². The zero-order valence-corrected chi connectivity index (χ0v) is 13.4. The summed E-state index contributed by atoms with van der Waals surface area (Å²) >= 11 is 7.65. The highest BCUT2D eigenvalue weighted by Gasteiger charge is 2.25. The number of rotatable bonds is 2.